The minimum absolute atomic E-state index is 0.0173. The molecule has 11 nitrogen and oxygen atoms in total. The quantitative estimate of drug-likeness (QED) is 0.614. The minimum Gasteiger partial charge on any atom is -0.504 e. The topological polar surface area (TPSA) is 156 Å². The first-order valence-electron chi connectivity index (χ1n) is 9.16. The molecule has 3 heterocycles. The number of benzene rings is 1. The van der Waals surface area contributed by atoms with E-state index in [0.717, 1.165) is 4.68 Å². The lowest BCUT2D eigenvalue weighted by Gasteiger charge is -2.15. The molecule has 4 rings (SSSR count). The molecule has 12 heteroatoms. The van der Waals surface area contributed by atoms with Crippen LogP contribution in [0.2, 0.25) is 5.02 Å². The van der Waals surface area contributed by atoms with Gasteiger partial charge in [0, 0.05) is 12.0 Å². The normalized spacial score (nSPS) is 12.4. The molecule has 1 aromatic carbocycles. The van der Waals surface area contributed by atoms with E-state index in [1.807, 2.05) is 18.8 Å². The van der Waals surface area contributed by atoms with Gasteiger partial charge in [0.05, 0.1) is 23.5 Å². The summed E-state index contributed by atoms with van der Waals surface area (Å²) in [6.45, 7) is 4.02. The summed E-state index contributed by atoms with van der Waals surface area (Å²) < 4.78 is 12.3. The molecule has 0 unspecified atom stereocenters. The first-order chi connectivity index (χ1) is 14.8. The number of aromatic nitrogens is 5. The number of aromatic hydroxyl groups is 1. The zero-order valence-corrected chi connectivity index (χ0v) is 17.1. The summed E-state index contributed by atoms with van der Waals surface area (Å²) in [4.78, 5) is 34.2. The molecule has 158 valence electrons. The zero-order valence-electron chi connectivity index (χ0n) is 16.3. The Morgan fingerprint density at radius 3 is 2.90 bits per heavy atom. The summed E-state index contributed by atoms with van der Waals surface area (Å²) in [5, 5.41) is 22.9. The predicted molar refractivity (Wildman–Crippen MR) is 107 cm³/mol. The van der Waals surface area contributed by atoms with E-state index in [9.17, 15) is 14.7 Å². The van der Waals surface area contributed by atoms with E-state index in [4.69, 9.17) is 26.3 Å². The molecular formula is C19H15ClN6O5. The van der Waals surface area contributed by atoms with E-state index in [0.29, 0.717) is 17.7 Å². The third-order valence-corrected chi connectivity index (χ3v) is 4.82. The van der Waals surface area contributed by atoms with Crippen molar-refractivity contribution in [1.29, 1.82) is 5.26 Å². The second-order valence-corrected chi connectivity index (χ2v) is 7.33. The van der Waals surface area contributed by atoms with Crippen molar-refractivity contribution in [3.05, 3.63) is 55.1 Å². The number of fused-ring (bicyclic) bond motifs is 1. The van der Waals surface area contributed by atoms with Crippen LogP contribution in [0.1, 0.15) is 36.7 Å². The Bertz CT molecular complexity index is 1360. The van der Waals surface area contributed by atoms with Gasteiger partial charge in [0.2, 0.25) is 5.69 Å². The van der Waals surface area contributed by atoms with Crippen LogP contribution >= 0.6 is 11.6 Å². The van der Waals surface area contributed by atoms with Gasteiger partial charge in [-0.3, -0.25) is 9.78 Å². The molecule has 3 aromatic rings. The number of aromatic amines is 1. The van der Waals surface area contributed by atoms with Crippen molar-refractivity contribution < 1.29 is 14.6 Å². The summed E-state index contributed by atoms with van der Waals surface area (Å²) in [5.74, 6) is 0.392. The lowest BCUT2D eigenvalue weighted by molar-refractivity contribution is 0.354. The van der Waals surface area contributed by atoms with Crippen LogP contribution in [-0.4, -0.2) is 36.4 Å². The Kier molecular flexibility index (Phi) is 5.08. The van der Waals surface area contributed by atoms with Gasteiger partial charge in [-0.05, 0) is 12.0 Å². The van der Waals surface area contributed by atoms with Gasteiger partial charge in [0.15, 0.2) is 17.2 Å². The Labute approximate surface area is 179 Å². The highest BCUT2D eigenvalue weighted by Crippen LogP contribution is 2.44. The largest absolute Gasteiger partial charge is 0.504 e. The monoisotopic (exact) mass is 442 g/mol. The van der Waals surface area contributed by atoms with Crippen LogP contribution in [0.15, 0.2) is 21.9 Å². The molecule has 2 aromatic heterocycles. The Balaban J connectivity index is 1.84. The second-order valence-electron chi connectivity index (χ2n) is 6.92. The number of rotatable bonds is 4. The highest BCUT2D eigenvalue weighted by Gasteiger charge is 2.28. The van der Waals surface area contributed by atoms with Crippen molar-refractivity contribution in [2.24, 2.45) is 0 Å². The van der Waals surface area contributed by atoms with E-state index in [2.05, 4.69) is 15.1 Å². The number of hydrogen-bond donors (Lipinski definition) is 2. The molecule has 0 atom stereocenters. The average molecular weight is 443 g/mol. The molecule has 1 aliphatic heterocycles. The van der Waals surface area contributed by atoms with Gasteiger partial charge in [-0.1, -0.05) is 25.4 Å². The zero-order chi connectivity index (χ0) is 22.3. The summed E-state index contributed by atoms with van der Waals surface area (Å²) >= 11 is 6.44. The molecule has 31 heavy (non-hydrogen) atoms. The molecule has 0 saturated heterocycles. The number of nitrogens with one attached hydrogen (secondary N) is 1. The SMILES string of the molecule is CC(C)c1nc(Oc2c(Cl)cc(-n3nc(C#N)c(=O)[nH]c3=O)c3c2CCO3)ncc1O. The van der Waals surface area contributed by atoms with E-state index in [-0.39, 0.29) is 46.5 Å². The highest BCUT2D eigenvalue weighted by atomic mass is 35.5. The molecule has 0 fully saturated rings. The van der Waals surface area contributed by atoms with Gasteiger partial charge in [-0.15, -0.1) is 5.10 Å². The van der Waals surface area contributed by atoms with Gasteiger partial charge >= 0.3 is 11.7 Å². The lowest BCUT2D eigenvalue weighted by Crippen LogP contribution is -2.33. The number of nitrogens with zero attached hydrogens (tertiary/aromatic N) is 5. The second kappa shape index (κ2) is 7.73. The molecule has 2 N–H and O–H groups in total. The van der Waals surface area contributed by atoms with Crippen molar-refractivity contribution in [3.63, 3.8) is 0 Å². The molecule has 1 aliphatic rings. The maximum atomic E-state index is 12.3. The van der Waals surface area contributed by atoms with Crippen LogP contribution in [0.3, 0.4) is 0 Å². The fourth-order valence-corrected chi connectivity index (χ4v) is 3.39. The average Bonchev–Trinajstić information content (AvgIpc) is 3.21. The Hall–Kier alpha value is -3.91. The van der Waals surface area contributed by atoms with E-state index in [1.165, 1.54) is 12.3 Å². The van der Waals surface area contributed by atoms with Crippen LogP contribution in [-0.2, 0) is 6.42 Å². The molecule has 0 amide bonds. The maximum absolute atomic E-state index is 12.3. The summed E-state index contributed by atoms with van der Waals surface area (Å²) in [6.07, 6.45) is 1.65. The van der Waals surface area contributed by atoms with Crippen LogP contribution in [0.4, 0.5) is 0 Å². The predicted octanol–water partition coefficient (Wildman–Crippen LogP) is 1.79. The number of hydrogen-bond acceptors (Lipinski definition) is 9. The van der Waals surface area contributed by atoms with E-state index < -0.39 is 16.9 Å². The molecule has 0 radical (unpaired) electrons. The van der Waals surface area contributed by atoms with Crippen LogP contribution < -0.4 is 20.7 Å². The van der Waals surface area contributed by atoms with Gasteiger partial charge in [0.1, 0.15) is 11.8 Å². The van der Waals surface area contributed by atoms with Crippen molar-refractivity contribution in [1.82, 2.24) is 24.7 Å². The third-order valence-electron chi connectivity index (χ3n) is 4.54. The smallest absolute Gasteiger partial charge is 0.349 e. The van der Waals surface area contributed by atoms with Crippen molar-refractivity contribution in [2.45, 2.75) is 26.2 Å². The molecule has 0 saturated carbocycles. The number of halogens is 1. The summed E-state index contributed by atoms with van der Waals surface area (Å²) in [5.41, 5.74) is -1.12. The minimum atomic E-state index is -0.891. The number of ether oxygens (including phenoxy) is 2. The summed E-state index contributed by atoms with van der Waals surface area (Å²) in [6, 6.07) is 2.98. The number of nitriles is 1. The number of H-pyrrole nitrogens is 1. The van der Waals surface area contributed by atoms with E-state index >= 15 is 0 Å². The van der Waals surface area contributed by atoms with Crippen molar-refractivity contribution in [2.75, 3.05) is 6.61 Å². The maximum Gasteiger partial charge on any atom is 0.349 e. The van der Waals surface area contributed by atoms with Gasteiger partial charge in [-0.25, -0.2) is 4.79 Å². The summed E-state index contributed by atoms with van der Waals surface area (Å²) in [7, 11) is 0. The van der Waals surface area contributed by atoms with Gasteiger partial charge in [-0.2, -0.15) is 19.9 Å². The standard InChI is InChI=1S/C19H15ClN6O5/c1-8(2)14-13(27)7-22-18(23-14)31-15-9-3-4-30-16(9)12(5-10(15)20)26-19(29)24-17(28)11(6-21)25-26/h5,7-8,27H,3-4H2,1-2H3,(H,24,28,29). The lowest BCUT2D eigenvalue weighted by atomic mass is 10.1. The molecule has 0 bridgehead atoms. The molecule has 0 spiro atoms. The van der Waals surface area contributed by atoms with Gasteiger partial charge < -0.3 is 14.6 Å². The molecule has 0 aliphatic carbocycles. The van der Waals surface area contributed by atoms with Crippen molar-refractivity contribution >= 4 is 11.6 Å². The van der Waals surface area contributed by atoms with Crippen LogP contribution in [0, 0.1) is 11.3 Å². The van der Waals surface area contributed by atoms with E-state index in [1.54, 1.807) is 6.07 Å². The fraction of sp³-hybridized carbons (Fsp3) is 0.263. The Morgan fingerprint density at radius 1 is 1.42 bits per heavy atom. The fourth-order valence-electron chi connectivity index (χ4n) is 3.14. The first-order valence-corrected chi connectivity index (χ1v) is 9.54. The van der Waals surface area contributed by atoms with Crippen molar-refractivity contribution in [3.8, 4) is 35.0 Å². The first kappa shape index (κ1) is 20.4. The van der Waals surface area contributed by atoms with Crippen LogP contribution in [0.5, 0.6) is 23.3 Å². The molecular weight excluding hydrogens is 428 g/mol. The third kappa shape index (κ3) is 3.57. The highest BCUT2D eigenvalue weighted by molar-refractivity contribution is 6.32. The van der Waals surface area contributed by atoms with Crippen LogP contribution in [0.25, 0.3) is 5.69 Å². The Morgan fingerprint density at radius 2 is 2.19 bits per heavy atom. The van der Waals surface area contributed by atoms with Gasteiger partial charge in [0.25, 0.3) is 5.56 Å².